The summed E-state index contributed by atoms with van der Waals surface area (Å²) in [5.41, 5.74) is 3.09. The van der Waals surface area contributed by atoms with Crippen molar-refractivity contribution in [2.45, 2.75) is 13.0 Å². The Labute approximate surface area is 143 Å². The highest BCUT2D eigenvalue weighted by Gasteiger charge is 2.14. The van der Waals surface area contributed by atoms with Gasteiger partial charge in [-0.1, -0.05) is 23.7 Å². The molecule has 0 aliphatic rings. The Balaban J connectivity index is 1.87. The van der Waals surface area contributed by atoms with Crippen molar-refractivity contribution in [2.24, 2.45) is 5.10 Å². The van der Waals surface area contributed by atoms with E-state index in [4.69, 9.17) is 16.3 Å². The minimum Gasteiger partial charge on any atom is -0.481 e. The summed E-state index contributed by atoms with van der Waals surface area (Å²) in [6.07, 6.45) is 0.668. The summed E-state index contributed by atoms with van der Waals surface area (Å²) in [4.78, 5) is 22.0. The summed E-state index contributed by atoms with van der Waals surface area (Å²) >= 11 is 5.77. The summed E-state index contributed by atoms with van der Waals surface area (Å²) in [7, 11) is 0. The standard InChI is InChI=1S/C16H14ClN3O4/c1-11(24-15-8-6-14(7-9-15)20(22)23)16(21)19-18-10-12-2-4-13(17)5-3-12/h2-11H,1H3,(H,19,21). The molecule has 0 bridgehead atoms. The number of nitrogens with one attached hydrogen (secondary N) is 1. The first-order valence-corrected chi connectivity index (χ1v) is 7.33. The average molecular weight is 348 g/mol. The molecule has 0 aliphatic carbocycles. The molecule has 1 atom stereocenters. The molecule has 1 N–H and O–H groups in total. The van der Waals surface area contributed by atoms with E-state index in [0.717, 1.165) is 5.56 Å². The number of hydrogen-bond acceptors (Lipinski definition) is 5. The highest BCUT2D eigenvalue weighted by atomic mass is 35.5. The third-order valence-corrected chi connectivity index (χ3v) is 3.24. The molecule has 0 fully saturated rings. The molecule has 124 valence electrons. The fourth-order valence-electron chi connectivity index (χ4n) is 1.71. The number of hydrogen-bond donors (Lipinski definition) is 1. The zero-order chi connectivity index (χ0) is 17.5. The van der Waals surface area contributed by atoms with Crippen molar-refractivity contribution in [2.75, 3.05) is 0 Å². The van der Waals surface area contributed by atoms with Crippen LogP contribution in [0.5, 0.6) is 5.75 Å². The van der Waals surface area contributed by atoms with Crippen LogP contribution in [0.2, 0.25) is 5.02 Å². The Bertz CT molecular complexity index is 745. The number of carbonyl (C=O) groups is 1. The third-order valence-electron chi connectivity index (χ3n) is 2.99. The number of non-ortho nitro benzene ring substituents is 1. The Morgan fingerprint density at radius 2 is 1.88 bits per heavy atom. The minimum absolute atomic E-state index is 0.0491. The summed E-state index contributed by atoms with van der Waals surface area (Å²) in [5.74, 6) is -0.0940. The van der Waals surface area contributed by atoms with E-state index in [9.17, 15) is 14.9 Å². The number of benzene rings is 2. The molecule has 0 saturated heterocycles. The number of nitro benzene ring substituents is 1. The van der Waals surface area contributed by atoms with Crippen molar-refractivity contribution in [3.63, 3.8) is 0 Å². The lowest BCUT2D eigenvalue weighted by Gasteiger charge is -2.12. The maximum Gasteiger partial charge on any atom is 0.280 e. The number of nitro groups is 1. The zero-order valence-corrected chi connectivity index (χ0v) is 13.4. The van der Waals surface area contributed by atoms with E-state index in [0.29, 0.717) is 10.8 Å². The smallest absolute Gasteiger partial charge is 0.280 e. The van der Waals surface area contributed by atoms with Gasteiger partial charge in [-0.05, 0) is 36.8 Å². The Hall–Kier alpha value is -2.93. The van der Waals surface area contributed by atoms with Gasteiger partial charge in [0.15, 0.2) is 6.10 Å². The van der Waals surface area contributed by atoms with Crippen LogP contribution >= 0.6 is 11.6 Å². The maximum atomic E-state index is 11.9. The van der Waals surface area contributed by atoms with Gasteiger partial charge in [0.05, 0.1) is 11.1 Å². The normalized spacial score (nSPS) is 11.9. The Morgan fingerprint density at radius 1 is 1.25 bits per heavy atom. The second kappa shape index (κ2) is 8.07. The van der Waals surface area contributed by atoms with Gasteiger partial charge in [-0.15, -0.1) is 0 Å². The lowest BCUT2D eigenvalue weighted by atomic mass is 10.2. The van der Waals surface area contributed by atoms with Crippen molar-refractivity contribution >= 4 is 29.4 Å². The molecule has 2 aromatic carbocycles. The Kier molecular flexibility index (Phi) is 5.86. The van der Waals surface area contributed by atoms with Gasteiger partial charge >= 0.3 is 0 Å². The highest BCUT2D eigenvalue weighted by Crippen LogP contribution is 2.18. The largest absolute Gasteiger partial charge is 0.481 e. The van der Waals surface area contributed by atoms with Gasteiger partial charge in [0, 0.05) is 17.2 Å². The molecule has 0 saturated carbocycles. The second-order valence-corrected chi connectivity index (χ2v) is 5.23. The molecule has 8 heteroatoms. The second-order valence-electron chi connectivity index (χ2n) is 4.80. The van der Waals surface area contributed by atoms with Crippen LogP contribution in [0.25, 0.3) is 0 Å². The molecule has 0 heterocycles. The first-order chi connectivity index (χ1) is 11.5. The fourth-order valence-corrected chi connectivity index (χ4v) is 1.84. The van der Waals surface area contributed by atoms with Crippen molar-refractivity contribution in [1.29, 1.82) is 0 Å². The third kappa shape index (κ3) is 5.06. The van der Waals surface area contributed by atoms with Crippen molar-refractivity contribution in [3.8, 4) is 5.75 Å². The van der Waals surface area contributed by atoms with Gasteiger partial charge in [0.25, 0.3) is 11.6 Å². The molecule has 1 unspecified atom stereocenters. The van der Waals surface area contributed by atoms with Crippen LogP contribution in [0.3, 0.4) is 0 Å². The van der Waals surface area contributed by atoms with Crippen LogP contribution in [0, 0.1) is 10.1 Å². The van der Waals surface area contributed by atoms with E-state index in [1.807, 2.05) is 0 Å². The number of halogens is 1. The number of nitrogens with zero attached hydrogens (tertiary/aromatic N) is 2. The molecule has 7 nitrogen and oxygen atoms in total. The first kappa shape index (κ1) is 17.4. The van der Waals surface area contributed by atoms with Crippen LogP contribution in [0.15, 0.2) is 53.6 Å². The minimum atomic E-state index is -0.811. The molecule has 2 aromatic rings. The summed E-state index contributed by atoms with van der Waals surface area (Å²) in [6.45, 7) is 1.55. The van der Waals surface area contributed by atoms with Crippen LogP contribution in [-0.4, -0.2) is 23.1 Å². The lowest BCUT2D eigenvalue weighted by molar-refractivity contribution is -0.384. The van der Waals surface area contributed by atoms with E-state index in [1.165, 1.54) is 30.5 Å². The molecule has 1 amide bonds. The van der Waals surface area contributed by atoms with E-state index < -0.39 is 16.9 Å². The van der Waals surface area contributed by atoms with Gasteiger partial charge in [0.1, 0.15) is 5.75 Å². The van der Waals surface area contributed by atoms with Crippen LogP contribution in [0.1, 0.15) is 12.5 Å². The van der Waals surface area contributed by atoms with Crippen molar-refractivity contribution < 1.29 is 14.5 Å². The zero-order valence-electron chi connectivity index (χ0n) is 12.7. The molecule has 24 heavy (non-hydrogen) atoms. The number of rotatable bonds is 6. The predicted molar refractivity (Wildman–Crippen MR) is 90.4 cm³/mol. The Morgan fingerprint density at radius 3 is 2.46 bits per heavy atom. The molecular formula is C16H14ClN3O4. The van der Waals surface area contributed by atoms with Crippen LogP contribution < -0.4 is 10.2 Å². The topological polar surface area (TPSA) is 93.8 Å². The number of amides is 1. The van der Waals surface area contributed by atoms with Crippen LogP contribution in [-0.2, 0) is 4.79 Å². The number of carbonyl (C=O) groups excluding carboxylic acids is 1. The quantitative estimate of drug-likeness (QED) is 0.493. The van der Waals surface area contributed by atoms with Gasteiger partial charge in [-0.2, -0.15) is 5.10 Å². The summed E-state index contributed by atoms with van der Waals surface area (Å²) in [5, 5.41) is 15.0. The summed E-state index contributed by atoms with van der Waals surface area (Å²) in [6, 6.07) is 12.4. The monoisotopic (exact) mass is 347 g/mol. The highest BCUT2D eigenvalue weighted by molar-refractivity contribution is 6.30. The van der Waals surface area contributed by atoms with Gasteiger partial charge in [0.2, 0.25) is 0 Å². The summed E-state index contributed by atoms with van der Waals surface area (Å²) < 4.78 is 5.40. The van der Waals surface area contributed by atoms with Gasteiger partial charge in [-0.3, -0.25) is 14.9 Å². The number of ether oxygens (including phenoxy) is 1. The van der Waals surface area contributed by atoms with E-state index in [-0.39, 0.29) is 5.69 Å². The maximum absolute atomic E-state index is 11.9. The SMILES string of the molecule is CC(Oc1ccc([N+](=O)[O-])cc1)C(=O)NN=Cc1ccc(Cl)cc1. The van der Waals surface area contributed by atoms with E-state index in [2.05, 4.69) is 10.5 Å². The lowest BCUT2D eigenvalue weighted by Crippen LogP contribution is -2.33. The van der Waals surface area contributed by atoms with E-state index >= 15 is 0 Å². The van der Waals surface area contributed by atoms with Gasteiger partial charge < -0.3 is 4.74 Å². The van der Waals surface area contributed by atoms with Crippen molar-refractivity contribution in [1.82, 2.24) is 5.43 Å². The number of hydrazone groups is 1. The van der Waals surface area contributed by atoms with Crippen molar-refractivity contribution in [3.05, 3.63) is 69.2 Å². The molecule has 0 aromatic heterocycles. The fraction of sp³-hybridized carbons (Fsp3) is 0.125. The predicted octanol–water partition coefficient (Wildman–Crippen LogP) is 3.17. The van der Waals surface area contributed by atoms with Gasteiger partial charge in [-0.25, -0.2) is 5.43 Å². The molecule has 0 aliphatic heterocycles. The van der Waals surface area contributed by atoms with Crippen LogP contribution in [0.4, 0.5) is 5.69 Å². The first-order valence-electron chi connectivity index (χ1n) is 6.95. The van der Waals surface area contributed by atoms with E-state index in [1.54, 1.807) is 31.2 Å². The molecule has 0 spiro atoms. The molecule has 2 rings (SSSR count). The molecular weight excluding hydrogens is 334 g/mol. The average Bonchev–Trinajstić information content (AvgIpc) is 2.57. The molecule has 0 radical (unpaired) electrons.